The van der Waals surface area contributed by atoms with Gasteiger partial charge in [0.05, 0.1) is 0 Å². The summed E-state index contributed by atoms with van der Waals surface area (Å²) in [6.07, 6.45) is 5.97. The SMILES string of the molecule is O=C(NCC12CC3CC4CC(C1)C32C4)C(F)S(=O)(=O)O. The molecule has 2 N–H and O–H groups in total. The lowest BCUT2D eigenvalue weighted by molar-refractivity contribution is -0.257. The normalized spacial score (nSPS) is 49.0. The predicted molar refractivity (Wildman–Crippen MR) is 67.9 cm³/mol. The summed E-state index contributed by atoms with van der Waals surface area (Å²) in [6, 6.07) is 0. The summed E-state index contributed by atoms with van der Waals surface area (Å²) in [5.41, 5.74) is -2.44. The lowest BCUT2D eigenvalue weighted by Gasteiger charge is -2.74. The van der Waals surface area contributed by atoms with E-state index in [0.717, 1.165) is 30.6 Å². The first-order valence-electron chi connectivity index (χ1n) is 7.17. The molecule has 1 spiro atoms. The van der Waals surface area contributed by atoms with Gasteiger partial charge in [0.15, 0.2) is 0 Å². The van der Waals surface area contributed by atoms with Crippen molar-refractivity contribution in [2.24, 2.45) is 28.6 Å². The second-order valence-electron chi connectivity index (χ2n) is 7.21. The number of hydrogen-bond acceptors (Lipinski definition) is 3. The van der Waals surface area contributed by atoms with Crippen LogP contribution in [0.5, 0.6) is 0 Å². The molecular weight excluding hydrogens is 285 g/mol. The molecule has 4 rings (SSSR count). The van der Waals surface area contributed by atoms with E-state index >= 15 is 0 Å². The number of hydrogen-bond donors (Lipinski definition) is 2. The van der Waals surface area contributed by atoms with Crippen molar-refractivity contribution in [2.45, 2.75) is 37.6 Å². The Kier molecular flexibility index (Phi) is 2.31. The van der Waals surface area contributed by atoms with Crippen LogP contribution in [-0.2, 0) is 14.9 Å². The molecule has 0 aliphatic heterocycles. The topological polar surface area (TPSA) is 83.5 Å². The Hall–Kier alpha value is -0.690. The van der Waals surface area contributed by atoms with E-state index in [-0.39, 0.29) is 5.41 Å². The fourth-order valence-corrected chi connectivity index (χ4v) is 6.53. The van der Waals surface area contributed by atoms with E-state index in [1.807, 2.05) is 0 Å². The lowest BCUT2D eigenvalue weighted by Crippen LogP contribution is -2.71. The van der Waals surface area contributed by atoms with Crippen LogP contribution in [0, 0.1) is 28.6 Å². The monoisotopic (exact) mass is 303 g/mol. The van der Waals surface area contributed by atoms with E-state index in [9.17, 15) is 17.6 Å². The number of fused-ring (bicyclic) bond motifs is 1. The highest BCUT2D eigenvalue weighted by Crippen LogP contribution is 2.86. The Labute approximate surface area is 117 Å². The van der Waals surface area contributed by atoms with Gasteiger partial charge in [0.1, 0.15) is 0 Å². The number of rotatable bonds is 4. The number of halogens is 1. The highest BCUT2D eigenvalue weighted by molar-refractivity contribution is 7.87. The fraction of sp³-hybridized carbons (Fsp3) is 0.923. The van der Waals surface area contributed by atoms with Gasteiger partial charge in [-0.25, -0.2) is 4.39 Å². The van der Waals surface area contributed by atoms with Gasteiger partial charge in [-0.05, 0) is 60.7 Å². The van der Waals surface area contributed by atoms with Crippen LogP contribution < -0.4 is 5.32 Å². The van der Waals surface area contributed by atoms with Gasteiger partial charge in [-0.2, -0.15) is 8.42 Å². The molecule has 0 aromatic rings. The number of carbonyl (C=O) groups is 1. The van der Waals surface area contributed by atoms with Crippen LogP contribution in [0.3, 0.4) is 0 Å². The zero-order valence-corrected chi connectivity index (χ0v) is 11.8. The first-order valence-corrected chi connectivity index (χ1v) is 8.67. The maximum absolute atomic E-state index is 13.2. The van der Waals surface area contributed by atoms with E-state index in [1.165, 1.54) is 19.3 Å². The van der Waals surface area contributed by atoms with Crippen molar-refractivity contribution < 1.29 is 22.2 Å². The molecule has 0 saturated heterocycles. The van der Waals surface area contributed by atoms with E-state index in [0.29, 0.717) is 12.0 Å². The first kappa shape index (κ1) is 13.0. The zero-order valence-electron chi connectivity index (χ0n) is 11.0. The molecule has 4 fully saturated rings. The van der Waals surface area contributed by atoms with Crippen LogP contribution in [0.15, 0.2) is 0 Å². The van der Waals surface area contributed by atoms with Gasteiger partial charge in [0, 0.05) is 6.54 Å². The maximum Gasteiger partial charge on any atom is 0.307 e. The van der Waals surface area contributed by atoms with Gasteiger partial charge in [0.25, 0.3) is 5.91 Å². The van der Waals surface area contributed by atoms with E-state index in [2.05, 4.69) is 5.32 Å². The van der Waals surface area contributed by atoms with Gasteiger partial charge < -0.3 is 5.32 Å². The van der Waals surface area contributed by atoms with Gasteiger partial charge in [-0.3, -0.25) is 9.35 Å². The molecule has 0 aromatic carbocycles. The number of alkyl halides is 1. The van der Waals surface area contributed by atoms with E-state index < -0.39 is 21.5 Å². The zero-order chi connectivity index (χ0) is 14.3. The number of nitrogens with one attached hydrogen (secondary N) is 1. The first-order chi connectivity index (χ1) is 9.28. The smallest absolute Gasteiger partial charge is 0.307 e. The summed E-state index contributed by atoms with van der Waals surface area (Å²) in [5, 5.41) is 2.41. The number of amides is 1. The Morgan fingerprint density at radius 1 is 1.30 bits per heavy atom. The minimum atomic E-state index is -4.95. The van der Waals surface area contributed by atoms with Crippen molar-refractivity contribution in [2.75, 3.05) is 6.54 Å². The van der Waals surface area contributed by atoms with Crippen molar-refractivity contribution in [3.8, 4) is 0 Å². The average molecular weight is 303 g/mol. The van der Waals surface area contributed by atoms with Crippen LogP contribution >= 0.6 is 0 Å². The third-order valence-electron chi connectivity index (χ3n) is 6.65. The summed E-state index contributed by atoms with van der Waals surface area (Å²) in [7, 11) is -4.95. The molecule has 20 heavy (non-hydrogen) atoms. The van der Waals surface area contributed by atoms with Crippen LogP contribution in [0.4, 0.5) is 4.39 Å². The van der Waals surface area contributed by atoms with Crippen molar-refractivity contribution in [1.82, 2.24) is 5.32 Å². The molecule has 1 amide bonds. The molecule has 5 nitrogen and oxygen atoms in total. The highest BCUT2D eigenvalue weighted by atomic mass is 32.2. The molecule has 3 atom stereocenters. The summed E-state index contributed by atoms with van der Waals surface area (Å²) in [5.74, 6) is 1.12. The van der Waals surface area contributed by atoms with Crippen LogP contribution in [0.2, 0.25) is 0 Å². The molecule has 4 aliphatic carbocycles. The van der Waals surface area contributed by atoms with Crippen molar-refractivity contribution in [3.05, 3.63) is 0 Å². The maximum atomic E-state index is 13.2. The molecule has 7 heteroatoms. The predicted octanol–water partition coefficient (Wildman–Crippen LogP) is 1.11. The molecule has 4 saturated carbocycles. The minimum absolute atomic E-state index is 0.0716. The van der Waals surface area contributed by atoms with Crippen LogP contribution in [0.25, 0.3) is 0 Å². The standard InChI is InChI=1S/C13H18FNO4S/c14-10(20(17,18)19)11(16)15-6-12-4-8-1-7-2-9(5-12)13(8,12)3-7/h7-10H,1-6H2,(H,15,16)(H,17,18,19). The Morgan fingerprint density at radius 2 is 1.90 bits per heavy atom. The summed E-state index contributed by atoms with van der Waals surface area (Å²) >= 11 is 0. The van der Waals surface area contributed by atoms with Crippen molar-refractivity contribution in [3.63, 3.8) is 0 Å². The van der Waals surface area contributed by atoms with Gasteiger partial charge in [0.2, 0.25) is 0 Å². The van der Waals surface area contributed by atoms with E-state index in [4.69, 9.17) is 4.55 Å². The highest BCUT2D eigenvalue weighted by Gasteiger charge is 2.80. The second kappa shape index (κ2) is 3.55. The van der Waals surface area contributed by atoms with Crippen molar-refractivity contribution >= 4 is 16.0 Å². The third kappa shape index (κ3) is 1.31. The Bertz CT molecular complexity index is 573. The molecule has 2 bridgehead atoms. The van der Waals surface area contributed by atoms with Gasteiger partial charge in [-0.1, -0.05) is 0 Å². The summed E-state index contributed by atoms with van der Waals surface area (Å²) in [4.78, 5) is 11.5. The Morgan fingerprint density at radius 3 is 2.40 bits per heavy atom. The van der Waals surface area contributed by atoms with Gasteiger partial charge in [-0.15, -0.1) is 0 Å². The van der Waals surface area contributed by atoms with Crippen LogP contribution in [0.1, 0.15) is 32.1 Å². The minimum Gasteiger partial charge on any atom is -0.352 e. The lowest BCUT2D eigenvalue weighted by atomic mass is 9.30. The second-order valence-corrected chi connectivity index (χ2v) is 8.66. The summed E-state index contributed by atoms with van der Waals surface area (Å²) < 4.78 is 43.0. The molecule has 0 heterocycles. The quantitative estimate of drug-likeness (QED) is 0.762. The Balaban J connectivity index is 1.44. The fourth-order valence-electron chi connectivity index (χ4n) is 6.17. The van der Waals surface area contributed by atoms with Gasteiger partial charge >= 0.3 is 15.6 Å². The molecule has 3 unspecified atom stereocenters. The molecule has 112 valence electrons. The molecular formula is C13H18FNO4S. The molecule has 0 aromatic heterocycles. The number of carbonyl (C=O) groups excluding carboxylic acids is 1. The molecule has 0 radical (unpaired) electrons. The molecule has 4 aliphatic rings. The van der Waals surface area contributed by atoms with Crippen LogP contribution in [-0.4, -0.2) is 30.9 Å². The van der Waals surface area contributed by atoms with E-state index in [1.54, 1.807) is 0 Å². The van der Waals surface area contributed by atoms with Crippen molar-refractivity contribution in [1.29, 1.82) is 0 Å². The third-order valence-corrected chi connectivity index (χ3v) is 7.39. The largest absolute Gasteiger partial charge is 0.352 e. The average Bonchev–Trinajstić information content (AvgIpc) is 2.84. The summed E-state index contributed by atoms with van der Waals surface area (Å²) in [6.45, 7) is 0.349.